The van der Waals surface area contributed by atoms with Crippen LogP contribution >= 0.6 is 0 Å². The van der Waals surface area contributed by atoms with Crippen LogP contribution in [0.25, 0.3) is 0 Å². The minimum atomic E-state index is 0. The van der Waals surface area contributed by atoms with E-state index in [9.17, 15) is 4.79 Å². The van der Waals surface area contributed by atoms with E-state index in [4.69, 9.17) is 5.11 Å². The van der Waals surface area contributed by atoms with E-state index in [-0.39, 0.29) is 1.43 Å². The van der Waals surface area contributed by atoms with Crippen molar-refractivity contribution in [1.29, 1.82) is 0 Å². The number of aliphatic hydroxyl groups is 1. The molecular formula is C8H19NO2. The van der Waals surface area contributed by atoms with Crippen molar-refractivity contribution in [2.45, 2.75) is 19.8 Å². The zero-order valence-corrected chi connectivity index (χ0v) is 7.26. The summed E-state index contributed by atoms with van der Waals surface area (Å²) in [6, 6.07) is 0. The smallest absolute Gasteiger partial charge is 0.133 e. The Morgan fingerprint density at radius 2 is 1.91 bits per heavy atom. The molecular weight excluding hydrogens is 142 g/mol. The van der Waals surface area contributed by atoms with Crippen LogP contribution < -0.4 is 5.32 Å². The summed E-state index contributed by atoms with van der Waals surface area (Å²) in [5, 5.41) is 10.2. The number of hydrogen-bond donors (Lipinski definition) is 2. The molecule has 0 aromatic heterocycles. The van der Waals surface area contributed by atoms with E-state index < -0.39 is 0 Å². The number of carbonyl (C=O) groups excluding carboxylic acids is 1. The largest absolute Gasteiger partial charge is 0.400 e. The van der Waals surface area contributed by atoms with E-state index in [1.165, 1.54) is 0 Å². The first-order chi connectivity index (χ1) is 5.30. The Balaban J connectivity index is 0. The Labute approximate surface area is 69.3 Å². The zero-order chi connectivity index (χ0) is 8.69. The second-order valence-electron chi connectivity index (χ2n) is 2.63. The van der Waals surface area contributed by atoms with Crippen molar-refractivity contribution in [3.05, 3.63) is 0 Å². The minimum Gasteiger partial charge on any atom is -0.400 e. The number of nitrogens with one attached hydrogen (secondary N) is 1. The molecule has 0 unspecified atom stereocenters. The lowest BCUT2D eigenvalue weighted by molar-refractivity contribution is -0.121. The number of Topliss-reactive ketones (excluding diaryl/α,β-unsaturated/α-hetero) is 1. The average Bonchev–Trinajstić information content (AvgIpc) is 2.10. The Hall–Kier alpha value is -0.410. The normalized spacial score (nSPS) is 18.5. The second-order valence-corrected chi connectivity index (χ2v) is 2.63. The third-order valence-corrected chi connectivity index (χ3v) is 1.91. The van der Waals surface area contributed by atoms with Gasteiger partial charge in [-0.15, -0.1) is 0 Å². The van der Waals surface area contributed by atoms with Crippen LogP contribution in [-0.2, 0) is 4.79 Å². The van der Waals surface area contributed by atoms with Gasteiger partial charge in [-0.3, -0.25) is 4.79 Å². The fraction of sp³-hybridized carbons (Fsp3) is 0.875. The predicted molar refractivity (Wildman–Crippen MR) is 46.5 cm³/mol. The Morgan fingerprint density at radius 1 is 1.45 bits per heavy atom. The summed E-state index contributed by atoms with van der Waals surface area (Å²) in [5.41, 5.74) is 0. The van der Waals surface area contributed by atoms with Gasteiger partial charge in [-0.25, -0.2) is 0 Å². The van der Waals surface area contributed by atoms with Crippen LogP contribution in [0.4, 0.5) is 0 Å². The summed E-state index contributed by atoms with van der Waals surface area (Å²) in [6.45, 7) is 3.73. The van der Waals surface area contributed by atoms with Crippen molar-refractivity contribution in [2.24, 2.45) is 5.92 Å². The highest BCUT2D eigenvalue weighted by atomic mass is 16.2. The van der Waals surface area contributed by atoms with Crippen molar-refractivity contribution < 1.29 is 11.3 Å². The monoisotopic (exact) mass is 161 g/mol. The number of hydrogen-bond acceptors (Lipinski definition) is 3. The summed E-state index contributed by atoms with van der Waals surface area (Å²) in [5.74, 6) is 0.711. The van der Waals surface area contributed by atoms with Crippen LogP contribution in [0.1, 0.15) is 21.2 Å². The van der Waals surface area contributed by atoms with Crippen molar-refractivity contribution in [2.75, 3.05) is 20.2 Å². The third-order valence-electron chi connectivity index (χ3n) is 1.91. The highest BCUT2D eigenvalue weighted by Gasteiger charge is 2.16. The van der Waals surface area contributed by atoms with E-state index in [1.54, 1.807) is 6.92 Å². The van der Waals surface area contributed by atoms with Crippen molar-refractivity contribution in [1.82, 2.24) is 5.32 Å². The van der Waals surface area contributed by atoms with Crippen LogP contribution in [0.15, 0.2) is 0 Å². The van der Waals surface area contributed by atoms with E-state index in [2.05, 4.69) is 5.32 Å². The van der Waals surface area contributed by atoms with E-state index in [1.807, 2.05) is 0 Å². The van der Waals surface area contributed by atoms with Gasteiger partial charge in [0.15, 0.2) is 0 Å². The number of carbonyl (C=O) groups is 1. The van der Waals surface area contributed by atoms with Gasteiger partial charge in [0.2, 0.25) is 0 Å². The van der Waals surface area contributed by atoms with Gasteiger partial charge in [0.25, 0.3) is 0 Å². The SMILES string of the molecule is CC(=O)C1CCNCC1.CO.[HH]. The van der Waals surface area contributed by atoms with Gasteiger partial charge in [-0.2, -0.15) is 0 Å². The quantitative estimate of drug-likeness (QED) is 0.586. The molecule has 0 aromatic carbocycles. The zero-order valence-electron chi connectivity index (χ0n) is 7.26. The molecule has 3 heteroatoms. The molecule has 2 N–H and O–H groups in total. The molecule has 0 aliphatic carbocycles. The van der Waals surface area contributed by atoms with Crippen molar-refractivity contribution in [3.63, 3.8) is 0 Å². The fourth-order valence-corrected chi connectivity index (χ4v) is 1.23. The van der Waals surface area contributed by atoms with Gasteiger partial charge < -0.3 is 10.4 Å². The van der Waals surface area contributed by atoms with Crippen LogP contribution in [0.3, 0.4) is 0 Å². The Kier molecular flexibility index (Phi) is 6.07. The molecule has 3 nitrogen and oxygen atoms in total. The number of aliphatic hydroxyl groups excluding tert-OH is 1. The second kappa shape index (κ2) is 6.31. The summed E-state index contributed by atoms with van der Waals surface area (Å²) < 4.78 is 0. The molecule has 1 saturated heterocycles. The fourth-order valence-electron chi connectivity index (χ4n) is 1.23. The molecule has 0 aromatic rings. The summed E-state index contributed by atoms with van der Waals surface area (Å²) in [7, 11) is 1.00. The standard InChI is InChI=1S/C7H13NO.CH4O.H2/c1-6(9)7-2-4-8-5-3-7;1-2;/h7-8H,2-5H2,1H3;2H,1H3;1H. The van der Waals surface area contributed by atoms with Crippen LogP contribution in [-0.4, -0.2) is 31.1 Å². The van der Waals surface area contributed by atoms with E-state index in [0.29, 0.717) is 11.7 Å². The van der Waals surface area contributed by atoms with Gasteiger partial charge in [-0.05, 0) is 32.9 Å². The maximum Gasteiger partial charge on any atom is 0.133 e. The van der Waals surface area contributed by atoms with Gasteiger partial charge in [0, 0.05) is 14.5 Å². The van der Waals surface area contributed by atoms with Gasteiger partial charge in [-0.1, -0.05) is 0 Å². The molecule has 0 bridgehead atoms. The van der Waals surface area contributed by atoms with Crippen molar-refractivity contribution in [3.8, 4) is 0 Å². The highest BCUT2D eigenvalue weighted by Crippen LogP contribution is 2.11. The van der Waals surface area contributed by atoms with Crippen LogP contribution in [0.2, 0.25) is 0 Å². The van der Waals surface area contributed by atoms with Crippen LogP contribution in [0, 0.1) is 5.92 Å². The van der Waals surface area contributed by atoms with Gasteiger partial charge >= 0.3 is 0 Å². The maximum absolute atomic E-state index is 10.8. The topological polar surface area (TPSA) is 49.3 Å². The molecule has 68 valence electrons. The molecule has 0 saturated carbocycles. The number of piperidine rings is 1. The van der Waals surface area contributed by atoms with Crippen LogP contribution in [0.5, 0.6) is 0 Å². The number of rotatable bonds is 1. The Bertz CT molecular complexity index is 114. The first-order valence-corrected chi connectivity index (χ1v) is 3.96. The van der Waals surface area contributed by atoms with Gasteiger partial charge in [0.05, 0.1) is 0 Å². The van der Waals surface area contributed by atoms with Gasteiger partial charge in [0.1, 0.15) is 5.78 Å². The highest BCUT2D eigenvalue weighted by molar-refractivity contribution is 5.78. The lowest BCUT2D eigenvalue weighted by Crippen LogP contribution is -2.30. The molecule has 11 heavy (non-hydrogen) atoms. The van der Waals surface area contributed by atoms with E-state index in [0.717, 1.165) is 33.0 Å². The molecule has 0 atom stereocenters. The summed E-state index contributed by atoms with van der Waals surface area (Å²) in [6.07, 6.45) is 2.07. The lowest BCUT2D eigenvalue weighted by atomic mass is 9.95. The maximum atomic E-state index is 10.8. The summed E-state index contributed by atoms with van der Waals surface area (Å²) in [4.78, 5) is 10.8. The molecule has 1 fully saturated rings. The number of ketones is 1. The predicted octanol–water partition coefficient (Wildman–Crippen LogP) is 0.429. The molecule has 1 aliphatic rings. The third kappa shape index (κ3) is 4.11. The molecule has 0 amide bonds. The first-order valence-electron chi connectivity index (χ1n) is 3.96. The van der Waals surface area contributed by atoms with E-state index >= 15 is 0 Å². The molecule has 1 rings (SSSR count). The Morgan fingerprint density at radius 3 is 2.18 bits per heavy atom. The van der Waals surface area contributed by atoms with Crippen molar-refractivity contribution >= 4 is 5.78 Å². The first kappa shape index (κ1) is 10.6. The summed E-state index contributed by atoms with van der Waals surface area (Å²) >= 11 is 0. The lowest BCUT2D eigenvalue weighted by Gasteiger charge is -2.19. The molecule has 1 heterocycles. The average molecular weight is 161 g/mol. The minimum absolute atomic E-state index is 0. The molecule has 1 aliphatic heterocycles. The molecule has 0 spiro atoms. The molecule has 0 radical (unpaired) electrons.